The molecule has 2 aromatic rings. The number of nitrogens with one attached hydrogen (secondary N) is 1. The Hall–Kier alpha value is -2.11. The number of methoxy groups -OCH3 is 1. The summed E-state index contributed by atoms with van der Waals surface area (Å²) in [7, 11) is 1.61. The first-order valence-electron chi connectivity index (χ1n) is 5.96. The lowest BCUT2D eigenvalue weighted by Gasteiger charge is -2.12. The molecule has 0 atom stereocenters. The van der Waals surface area contributed by atoms with Crippen LogP contribution in [0.25, 0.3) is 11.5 Å². The minimum absolute atomic E-state index is 0.625. The van der Waals surface area contributed by atoms with Crippen molar-refractivity contribution in [1.82, 2.24) is 19.5 Å². The van der Waals surface area contributed by atoms with Crippen LogP contribution in [0.2, 0.25) is 0 Å². The van der Waals surface area contributed by atoms with Gasteiger partial charge < -0.3 is 14.6 Å². The van der Waals surface area contributed by atoms with Crippen molar-refractivity contribution in [2.75, 3.05) is 19.0 Å². The number of rotatable bonds is 5. The molecule has 2 aromatic heterocycles. The van der Waals surface area contributed by atoms with Gasteiger partial charge in [0.25, 0.3) is 0 Å². The molecule has 1 N–H and O–H groups in total. The van der Waals surface area contributed by atoms with Gasteiger partial charge in [-0.15, -0.1) is 0 Å². The maximum atomic E-state index is 5.41. The van der Waals surface area contributed by atoms with Crippen LogP contribution in [0.4, 0.5) is 5.82 Å². The van der Waals surface area contributed by atoms with E-state index in [2.05, 4.69) is 27.2 Å². The first-order valence-corrected chi connectivity index (χ1v) is 5.96. The van der Waals surface area contributed by atoms with Crippen molar-refractivity contribution in [1.29, 1.82) is 0 Å². The van der Waals surface area contributed by atoms with Crippen LogP contribution in [-0.4, -0.2) is 33.2 Å². The summed E-state index contributed by atoms with van der Waals surface area (Å²) in [5, 5.41) is 3.15. The van der Waals surface area contributed by atoms with Crippen molar-refractivity contribution in [2.24, 2.45) is 0 Å². The molecule has 0 aromatic carbocycles. The Morgan fingerprint density at radius 2 is 2.11 bits per heavy atom. The fourth-order valence-corrected chi connectivity index (χ4v) is 1.80. The van der Waals surface area contributed by atoms with Crippen LogP contribution in [-0.2, 0) is 6.54 Å². The lowest BCUT2D eigenvalue weighted by atomic mass is 10.3. The van der Waals surface area contributed by atoms with Crippen LogP contribution in [0.3, 0.4) is 0 Å². The van der Waals surface area contributed by atoms with Crippen molar-refractivity contribution in [3.05, 3.63) is 18.7 Å². The van der Waals surface area contributed by atoms with Gasteiger partial charge >= 0.3 is 0 Å². The monoisotopic (exact) mass is 247 g/mol. The molecule has 0 fully saturated rings. The molecule has 2 heterocycles. The summed E-state index contributed by atoms with van der Waals surface area (Å²) >= 11 is 0. The van der Waals surface area contributed by atoms with Crippen LogP contribution in [0.5, 0.6) is 5.75 Å². The van der Waals surface area contributed by atoms with Gasteiger partial charge in [-0.1, -0.05) is 0 Å². The molecular formula is C12H17N5O. The molecular weight excluding hydrogens is 230 g/mol. The standard InChI is InChI=1S/C12H17N5O/c1-4-13-11-10(18-3)9(15-8-16-11)12-14-6-7-17(12)5-2/h6-8H,4-5H2,1-3H3,(H,13,15,16). The third kappa shape index (κ3) is 2.13. The number of hydrogen-bond donors (Lipinski definition) is 1. The van der Waals surface area contributed by atoms with Crippen LogP contribution in [0, 0.1) is 0 Å². The van der Waals surface area contributed by atoms with Crippen molar-refractivity contribution < 1.29 is 4.74 Å². The summed E-state index contributed by atoms with van der Waals surface area (Å²) in [5.74, 6) is 2.10. The van der Waals surface area contributed by atoms with E-state index in [0.717, 1.165) is 18.9 Å². The van der Waals surface area contributed by atoms with E-state index in [0.29, 0.717) is 17.3 Å². The zero-order chi connectivity index (χ0) is 13.0. The molecule has 0 bridgehead atoms. The van der Waals surface area contributed by atoms with E-state index in [4.69, 9.17) is 4.74 Å². The molecule has 96 valence electrons. The molecule has 0 saturated carbocycles. The van der Waals surface area contributed by atoms with Crippen LogP contribution >= 0.6 is 0 Å². The molecule has 6 heteroatoms. The van der Waals surface area contributed by atoms with Crippen LogP contribution in [0.1, 0.15) is 13.8 Å². The summed E-state index contributed by atoms with van der Waals surface area (Å²) in [4.78, 5) is 12.8. The zero-order valence-corrected chi connectivity index (χ0v) is 10.8. The lowest BCUT2D eigenvalue weighted by molar-refractivity contribution is 0.414. The Morgan fingerprint density at radius 3 is 2.78 bits per heavy atom. The smallest absolute Gasteiger partial charge is 0.190 e. The molecule has 0 aliphatic heterocycles. The Bertz CT molecular complexity index is 523. The van der Waals surface area contributed by atoms with Crippen molar-refractivity contribution >= 4 is 5.82 Å². The SMILES string of the molecule is CCNc1ncnc(-c2nccn2CC)c1OC. The largest absolute Gasteiger partial charge is 0.491 e. The van der Waals surface area contributed by atoms with Gasteiger partial charge in [0, 0.05) is 25.5 Å². The number of aromatic nitrogens is 4. The molecule has 0 aliphatic rings. The molecule has 0 radical (unpaired) electrons. The van der Waals surface area contributed by atoms with E-state index in [1.54, 1.807) is 13.3 Å². The minimum atomic E-state index is 0.625. The number of aryl methyl sites for hydroxylation is 1. The average molecular weight is 247 g/mol. The second-order valence-electron chi connectivity index (χ2n) is 3.67. The highest BCUT2D eigenvalue weighted by Gasteiger charge is 2.16. The number of ether oxygens (including phenoxy) is 1. The minimum Gasteiger partial charge on any atom is -0.491 e. The fourth-order valence-electron chi connectivity index (χ4n) is 1.80. The summed E-state index contributed by atoms with van der Waals surface area (Å²) in [6.45, 7) is 5.67. The van der Waals surface area contributed by atoms with Crippen molar-refractivity contribution in [2.45, 2.75) is 20.4 Å². The average Bonchev–Trinajstić information content (AvgIpc) is 2.87. The molecule has 0 amide bonds. The predicted molar refractivity (Wildman–Crippen MR) is 69.6 cm³/mol. The van der Waals surface area contributed by atoms with Gasteiger partial charge in [0.2, 0.25) is 0 Å². The second kappa shape index (κ2) is 5.48. The lowest BCUT2D eigenvalue weighted by Crippen LogP contribution is -2.06. The highest BCUT2D eigenvalue weighted by atomic mass is 16.5. The van der Waals surface area contributed by atoms with Gasteiger partial charge in [-0.05, 0) is 13.8 Å². The van der Waals surface area contributed by atoms with Gasteiger partial charge in [0.1, 0.15) is 6.33 Å². The Balaban J connectivity index is 2.53. The number of anilines is 1. The van der Waals surface area contributed by atoms with E-state index in [1.807, 2.05) is 17.7 Å². The van der Waals surface area contributed by atoms with Gasteiger partial charge in [0.05, 0.1) is 7.11 Å². The maximum absolute atomic E-state index is 5.41. The Morgan fingerprint density at radius 1 is 1.28 bits per heavy atom. The quantitative estimate of drug-likeness (QED) is 0.872. The molecule has 6 nitrogen and oxygen atoms in total. The van der Waals surface area contributed by atoms with Gasteiger partial charge in [-0.3, -0.25) is 0 Å². The first-order chi connectivity index (χ1) is 8.81. The van der Waals surface area contributed by atoms with Crippen molar-refractivity contribution in [3.8, 4) is 17.3 Å². The Labute approximate surface area is 106 Å². The van der Waals surface area contributed by atoms with E-state index < -0.39 is 0 Å². The van der Waals surface area contributed by atoms with E-state index in [9.17, 15) is 0 Å². The summed E-state index contributed by atoms with van der Waals surface area (Å²) in [6, 6.07) is 0. The second-order valence-corrected chi connectivity index (χ2v) is 3.67. The fraction of sp³-hybridized carbons (Fsp3) is 0.417. The van der Waals surface area contributed by atoms with Gasteiger partial charge in [0.15, 0.2) is 23.1 Å². The molecule has 18 heavy (non-hydrogen) atoms. The van der Waals surface area contributed by atoms with Gasteiger partial charge in [-0.2, -0.15) is 0 Å². The third-order valence-electron chi connectivity index (χ3n) is 2.62. The van der Waals surface area contributed by atoms with E-state index in [-0.39, 0.29) is 0 Å². The zero-order valence-electron chi connectivity index (χ0n) is 10.8. The molecule has 2 rings (SSSR count). The molecule has 0 spiro atoms. The van der Waals surface area contributed by atoms with E-state index >= 15 is 0 Å². The number of imidazole rings is 1. The summed E-state index contributed by atoms with van der Waals surface area (Å²) in [5.41, 5.74) is 0.704. The topological polar surface area (TPSA) is 64.9 Å². The normalized spacial score (nSPS) is 10.4. The third-order valence-corrected chi connectivity index (χ3v) is 2.62. The first kappa shape index (κ1) is 12.3. The summed E-state index contributed by atoms with van der Waals surface area (Å²) < 4.78 is 7.43. The maximum Gasteiger partial charge on any atom is 0.190 e. The van der Waals surface area contributed by atoms with Crippen LogP contribution < -0.4 is 10.1 Å². The van der Waals surface area contributed by atoms with Crippen molar-refractivity contribution in [3.63, 3.8) is 0 Å². The molecule has 0 aliphatic carbocycles. The Kier molecular flexibility index (Phi) is 3.76. The highest BCUT2D eigenvalue weighted by molar-refractivity contribution is 5.68. The summed E-state index contributed by atoms with van der Waals surface area (Å²) in [6.07, 6.45) is 5.20. The van der Waals surface area contributed by atoms with E-state index in [1.165, 1.54) is 6.33 Å². The van der Waals surface area contributed by atoms with Crippen LogP contribution in [0.15, 0.2) is 18.7 Å². The predicted octanol–water partition coefficient (Wildman–Crippen LogP) is 1.80. The highest BCUT2D eigenvalue weighted by Crippen LogP contribution is 2.31. The van der Waals surface area contributed by atoms with Gasteiger partial charge in [-0.25, -0.2) is 15.0 Å². The number of hydrogen-bond acceptors (Lipinski definition) is 5. The number of nitrogens with zero attached hydrogens (tertiary/aromatic N) is 4. The molecule has 0 unspecified atom stereocenters. The molecule has 0 saturated heterocycles.